The predicted octanol–water partition coefficient (Wildman–Crippen LogP) is 2.05. The summed E-state index contributed by atoms with van der Waals surface area (Å²) in [5.41, 5.74) is 7.25. The van der Waals surface area contributed by atoms with E-state index < -0.39 is 0 Å². The van der Waals surface area contributed by atoms with Crippen molar-refractivity contribution in [3.05, 3.63) is 35.9 Å². The topological polar surface area (TPSA) is 64.3 Å². The maximum atomic E-state index is 12.0. The van der Waals surface area contributed by atoms with E-state index in [9.17, 15) is 4.79 Å². The van der Waals surface area contributed by atoms with E-state index in [1.807, 2.05) is 39.0 Å². The zero-order chi connectivity index (χ0) is 15.1. The number of carbonyl (C=O) groups excluding carboxylic acids is 1. The zero-order valence-corrected chi connectivity index (χ0v) is 12.8. The van der Waals surface area contributed by atoms with Crippen molar-refractivity contribution in [3.8, 4) is 0 Å². The van der Waals surface area contributed by atoms with Gasteiger partial charge in [-0.25, -0.2) is 0 Å². The molecule has 0 saturated heterocycles. The summed E-state index contributed by atoms with van der Waals surface area (Å²) in [5, 5.41) is 3.03. The first kappa shape index (κ1) is 16.7. The number of hydrogen-bond acceptors (Lipinski definition) is 4. The van der Waals surface area contributed by atoms with Crippen LogP contribution in [0.25, 0.3) is 0 Å². The van der Waals surface area contributed by atoms with Crippen LogP contribution in [0.2, 0.25) is 0 Å². The van der Waals surface area contributed by atoms with E-state index in [0.29, 0.717) is 6.42 Å². The van der Waals surface area contributed by atoms with Gasteiger partial charge in [-0.15, -0.1) is 0 Å². The fraction of sp³-hybridized carbons (Fsp3) is 0.562. The lowest BCUT2D eigenvalue weighted by Crippen LogP contribution is -2.40. The number of benzene rings is 1. The van der Waals surface area contributed by atoms with Gasteiger partial charge in [0, 0.05) is 12.0 Å². The second kappa shape index (κ2) is 8.02. The number of esters is 1. The number of hydrogen-bond donors (Lipinski definition) is 2. The molecule has 0 radical (unpaired) electrons. The van der Waals surface area contributed by atoms with Gasteiger partial charge in [0.25, 0.3) is 0 Å². The highest BCUT2D eigenvalue weighted by Gasteiger charge is 2.26. The fourth-order valence-electron chi connectivity index (χ4n) is 2.25. The number of ether oxygens (including phenoxy) is 1. The number of rotatable bonds is 7. The van der Waals surface area contributed by atoms with E-state index in [4.69, 9.17) is 10.5 Å². The molecular formula is C16H26N2O2. The molecule has 20 heavy (non-hydrogen) atoms. The first-order chi connectivity index (χ1) is 9.45. The van der Waals surface area contributed by atoms with Crippen LogP contribution in [0.4, 0.5) is 0 Å². The van der Waals surface area contributed by atoms with Crippen LogP contribution < -0.4 is 11.1 Å². The molecule has 0 amide bonds. The average molecular weight is 278 g/mol. The highest BCUT2D eigenvalue weighted by atomic mass is 16.5. The van der Waals surface area contributed by atoms with Gasteiger partial charge in [-0.2, -0.15) is 0 Å². The van der Waals surface area contributed by atoms with Crippen LogP contribution in [0.5, 0.6) is 0 Å². The Balaban J connectivity index is 2.81. The Morgan fingerprint density at radius 3 is 2.30 bits per heavy atom. The average Bonchev–Trinajstić information content (AvgIpc) is 2.39. The summed E-state index contributed by atoms with van der Waals surface area (Å²) in [5.74, 6) is -0.0996. The Morgan fingerprint density at radius 2 is 1.85 bits per heavy atom. The van der Waals surface area contributed by atoms with Crippen molar-refractivity contribution in [2.45, 2.75) is 51.3 Å². The molecule has 3 N–H and O–H groups in total. The summed E-state index contributed by atoms with van der Waals surface area (Å²) in [7, 11) is 1.77. The molecule has 0 aliphatic rings. The molecule has 0 bridgehead atoms. The van der Waals surface area contributed by atoms with Crippen molar-refractivity contribution in [3.63, 3.8) is 0 Å². The first-order valence-electron chi connectivity index (χ1n) is 7.14. The van der Waals surface area contributed by atoms with E-state index in [1.54, 1.807) is 7.05 Å². The SMILES string of the molecule is CN[C@H](C[C@H](c1ccccc1)[C@@H](C)N)C(=O)OC(C)C. The van der Waals surface area contributed by atoms with Crippen molar-refractivity contribution < 1.29 is 9.53 Å². The molecule has 1 rings (SSSR count). The van der Waals surface area contributed by atoms with Gasteiger partial charge in [0.15, 0.2) is 0 Å². The molecule has 0 spiro atoms. The highest BCUT2D eigenvalue weighted by molar-refractivity contribution is 5.76. The van der Waals surface area contributed by atoms with Crippen LogP contribution >= 0.6 is 0 Å². The smallest absolute Gasteiger partial charge is 0.323 e. The van der Waals surface area contributed by atoms with E-state index in [1.165, 1.54) is 0 Å². The molecule has 112 valence electrons. The van der Waals surface area contributed by atoms with Crippen molar-refractivity contribution >= 4 is 5.97 Å². The predicted molar refractivity (Wildman–Crippen MR) is 81.5 cm³/mol. The van der Waals surface area contributed by atoms with Crippen LogP contribution in [0, 0.1) is 0 Å². The number of likely N-dealkylation sites (N-methyl/N-ethyl adjacent to an activating group) is 1. The molecule has 4 nitrogen and oxygen atoms in total. The summed E-state index contributed by atoms with van der Waals surface area (Å²) >= 11 is 0. The molecule has 3 atom stereocenters. The van der Waals surface area contributed by atoms with Gasteiger partial charge in [0.2, 0.25) is 0 Å². The minimum Gasteiger partial charge on any atom is -0.462 e. The number of nitrogens with one attached hydrogen (secondary N) is 1. The van der Waals surface area contributed by atoms with Crippen LogP contribution in [-0.2, 0) is 9.53 Å². The molecule has 0 fully saturated rings. The third kappa shape index (κ3) is 4.94. The summed E-state index contributed by atoms with van der Waals surface area (Å²) in [4.78, 5) is 12.0. The third-order valence-corrected chi connectivity index (χ3v) is 3.34. The van der Waals surface area contributed by atoms with E-state index in [2.05, 4.69) is 17.4 Å². The molecule has 0 saturated carbocycles. The maximum absolute atomic E-state index is 12.0. The summed E-state index contributed by atoms with van der Waals surface area (Å²) in [6, 6.07) is 9.69. The van der Waals surface area contributed by atoms with Crippen LogP contribution in [0.1, 0.15) is 38.7 Å². The van der Waals surface area contributed by atoms with Crippen LogP contribution in [0.15, 0.2) is 30.3 Å². The normalized spacial score (nSPS) is 15.7. The number of nitrogens with two attached hydrogens (primary N) is 1. The summed E-state index contributed by atoms with van der Waals surface area (Å²) in [6.45, 7) is 5.67. The Bertz CT molecular complexity index is 404. The third-order valence-electron chi connectivity index (χ3n) is 3.34. The lowest BCUT2D eigenvalue weighted by Gasteiger charge is -2.26. The van der Waals surface area contributed by atoms with Gasteiger partial charge in [-0.3, -0.25) is 4.79 Å². The Labute approximate surface area is 121 Å². The quantitative estimate of drug-likeness (QED) is 0.749. The fourth-order valence-corrected chi connectivity index (χ4v) is 2.25. The molecule has 0 aliphatic carbocycles. The lowest BCUT2D eigenvalue weighted by molar-refractivity contribution is -0.150. The summed E-state index contributed by atoms with van der Waals surface area (Å²) < 4.78 is 5.28. The van der Waals surface area contributed by atoms with Gasteiger partial charge < -0.3 is 15.8 Å². The van der Waals surface area contributed by atoms with E-state index in [0.717, 1.165) is 5.56 Å². The minimum absolute atomic E-state index is 0.0277. The second-order valence-electron chi connectivity index (χ2n) is 5.44. The largest absolute Gasteiger partial charge is 0.462 e. The molecule has 0 unspecified atom stereocenters. The Morgan fingerprint density at radius 1 is 1.25 bits per heavy atom. The van der Waals surface area contributed by atoms with E-state index in [-0.39, 0.29) is 30.1 Å². The summed E-state index contributed by atoms with van der Waals surface area (Å²) in [6.07, 6.45) is 0.521. The standard InChI is InChI=1S/C16H26N2O2/c1-11(2)20-16(19)15(18-4)10-14(12(3)17)13-8-6-5-7-9-13/h5-9,11-12,14-15,18H,10,17H2,1-4H3/t12-,14+,15-/m1/s1. The second-order valence-corrected chi connectivity index (χ2v) is 5.44. The van der Waals surface area contributed by atoms with E-state index >= 15 is 0 Å². The molecule has 0 aliphatic heterocycles. The lowest BCUT2D eigenvalue weighted by atomic mass is 9.87. The van der Waals surface area contributed by atoms with Crippen molar-refractivity contribution in [1.29, 1.82) is 0 Å². The van der Waals surface area contributed by atoms with Crippen molar-refractivity contribution in [2.24, 2.45) is 5.73 Å². The Kier molecular flexibility index (Phi) is 6.68. The van der Waals surface area contributed by atoms with Gasteiger partial charge >= 0.3 is 5.97 Å². The number of carbonyl (C=O) groups is 1. The van der Waals surface area contributed by atoms with Crippen LogP contribution in [-0.4, -0.2) is 31.2 Å². The molecule has 0 aromatic heterocycles. The van der Waals surface area contributed by atoms with Gasteiger partial charge in [-0.1, -0.05) is 30.3 Å². The van der Waals surface area contributed by atoms with Gasteiger partial charge in [-0.05, 0) is 39.8 Å². The van der Waals surface area contributed by atoms with Crippen LogP contribution in [0.3, 0.4) is 0 Å². The minimum atomic E-state index is -0.339. The molecular weight excluding hydrogens is 252 g/mol. The van der Waals surface area contributed by atoms with Crippen molar-refractivity contribution in [1.82, 2.24) is 5.32 Å². The first-order valence-corrected chi connectivity index (χ1v) is 7.14. The maximum Gasteiger partial charge on any atom is 0.323 e. The zero-order valence-electron chi connectivity index (χ0n) is 12.8. The molecule has 0 heterocycles. The monoisotopic (exact) mass is 278 g/mol. The van der Waals surface area contributed by atoms with Gasteiger partial charge in [0.1, 0.15) is 6.04 Å². The highest BCUT2D eigenvalue weighted by Crippen LogP contribution is 2.24. The molecule has 4 heteroatoms. The van der Waals surface area contributed by atoms with Crippen molar-refractivity contribution in [2.75, 3.05) is 7.05 Å². The Hall–Kier alpha value is -1.39. The molecule has 1 aromatic carbocycles. The molecule has 1 aromatic rings. The van der Waals surface area contributed by atoms with Gasteiger partial charge in [0.05, 0.1) is 6.10 Å².